The number of hydrogen-bond acceptors (Lipinski definition) is 6. The van der Waals surface area contributed by atoms with Gasteiger partial charge in [0.2, 0.25) is 5.91 Å². The number of imidazole rings is 1. The number of carbonyl (C=O) groups is 4. The standard InChI is InChI=1S/C26H36N6O5/c1-16(33)29-30-23(35)20(25(2,3)4)28-22(34)19-18-15-31(24(36)37-26(5,6)7)13-14-32(18)21(27-19)17-11-9-8-10-12-17/h8-12,20H,13-15H2,1-7H3,(H,28,34)(H,29,33)(H,30,35). The highest BCUT2D eigenvalue weighted by Crippen LogP contribution is 2.28. The lowest BCUT2D eigenvalue weighted by atomic mass is 9.86. The third-order valence-corrected chi connectivity index (χ3v) is 5.67. The van der Waals surface area contributed by atoms with Crippen molar-refractivity contribution in [1.29, 1.82) is 0 Å². The van der Waals surface area contributed by atoms with Crippen LogP contribution in [0.5, 0.6) is 0 Å². The van der Waals surface area contributed by atoms with E-state index in [1.807, 2.05) is 34.9 Å². The average molecular weight is 513 g/mol. The van der Waals surface area contributed by atoms with Crippen molar-refractivity contribution < 1.29 is 23.9 Å². The van der Waals surface area contributed by atoms with Gasteiger partial charge in [0.15, 0.2) is 5.69 Å². The summed E-state index contributed by atoms with van der Waals surface area (Å²) in [6.45, 7) is 13.0. The van der Waals surface area contributed by atoms with Crippen LogP contribution in [0, 0.1) is 5.41 Å². The smallest absolute Gasteiger partial charge is 0.410 e. The van der Waals surface area contributed by atoms with Gasteiger partial charge in [-0.2, -0.15) is 0 Å². The van der Waals surface area contributed by atoms with Gasteiger partial charge in [-0.05, 0) is 26.2 Å². The molecule has 3 rings (SSSR count). The molecule has 2 aromatic rings. The van der Waals surface area contributed by atoms with E-state index < -0.39 is 40.9 Å². The molecule has 3 N–H and O–H groups in total. The summed E-state index contributed by atoms with van der Waals surface area (Å²) in [6.07, 6.45) is -0.477. The molecule has 1 aromatic carbocycles. The van der Waals surface area contributed by atoms with E-state index >= 15 is 0 Å². The lowest BCUT2D eigenvalue weighted by Gasteiger charge is -2.32. The maximum absolute atomic E-state index is 13.6. The number of benzene rings is 1. The van der Waals surface area contributed by atoms with Crippen LogP contribution in [0.3, 0.4) is 0 Å². The molecule has 0 radical (unpaired) electrons. The minimum atomic E-state index is -0.977. The Hall–Kier alpha value is -3.89. The van der Waals surface area contributed by atoms with Gasteiger partial charge in [0.25, 0.3) is 11.8 Å². The molecule has 1 atom stereocenters. The minimum absolute atomic E-state index is 0.119. The second kappa shape index (κ2) is 10.6. The van der Waals surface area contributed by atoms with E-state index in [0.29, 0.717) is 24.6 Å². The molecule has 0 aliphatic carbocycles. The van der Waals surface area contributed by atoms with E-state index in [2.05, 4.69) is 21.2 Å². The number of hydrogen-bond donors (Lipinski definition) is 3. The molecule has 200 valence electrons. The van der Waals surface area contributed by atoms with Crippen molar-refractivity contribution in [2.75, 3.05) is 6.54 Å². The van der Waals surface area contributed by atoms with Gasteiger partial charge in [-0.15, -0.1) is 0 Å². The van der Waals surface area contributed by atoms with Crippen molar-refractivity contribution in [1.82, 2.24) is 30.6 Å². The molecular formula is C26H36N6O5. The molecular weight excluding hydrogens is 476 g/mol. The summed E-state index contributed by atoms with van der Waals surface area (Å²) in [7, 11) is 0. The number of rotatable bonds is 4. The maximum atomic E-state index is 13.6. The third-order valence-electron chi connectivity index (χ3n) is 5.67. The van der Waals surface area contributed by atoms with Gasteiger partial charge in [0.1, 0.15) is 17.5 Å². The van der Waals surface area contributed by atoms with E-state index in [4.69, 9.17) is 4.74 Å². The highest BCUT2D eigenvalue weighted by atomic mass is 16.6. The van der Waals surface area contributed by atoms with Crippen molar-refractivity contribution in [3.8, 4) is 11.4 Å². The Morgan fingerprint density at radius 2 is 1.62 bits per heavy atom. The largest absolute Gasteiger partial charge is 0.444 e. The summed E-state index contributed by atoms with van der Waals surface area (Å²) < 4.78 is 7.47. The fraction of sp³-hybridized carbons (Fsp3) is 0.500. The van der Waals surface area contributed by atoms with Gasteiger partial charge in [0.05, 0.1) is 12.2 Å². The van der Waals surface area contributed by atoms with Crippen molar-refractivity contribution in [2.24, 2.45) is 5.41 Å². The summed E-state index contributed by atoms with van der Waals surface area (Å²) in [5.74, 6) is -0.970. The van der Waals surface area contributed by atoms with Crippen molar-refractivity contribution in [3.05, 3.63) is 41.7 Å². The molecule has 11 nitrogen and oxygen atoms in total. The van der Waals surface area contributed by atoms with E-state index in [1.165, 1.54) is 6.92 Å². The quantitative estimate of drug-likeness (QED) is 0.539. The number of ether oxygens (including phenoxy) is 1. The zero-order chi connectivity index (χ0) is 27.5. The number of nitrogens with one attached hydrogen (secondary N) is 3. The van der Waals surface area contributed by atoms with E-state index in [0.717, 1.165) is 5.56 Å². The summed E-state index contributed by atoms with van der Waals surface area (Å²) in [5.41, 5.74) is 4.74. The summed E-state index contributed by atoms with van der Waals surface area (Å²) >= 11 is 0. The zero-order valence-electron chi connectivity index (χ0n) is 22.5. The van der Waals surface area contributed by atoms with Crippen LogP contribution in [0.1, 0.15) is 64.6 Å². The fourth-order valence-electron chi connectivity index (χ4n) is 3.94. The molecule has 0 bridgehead atoms. The zero-order valence-corrected chi connectivity index (χ0v) is 22.5. The molecule has 0 saturated carbocycles. The van der Waals surface area contributed by atoms with E-state index in [-0.39, 0.29) is 12.2 Å². The van der Waals surface area contributed by atoms with Crippen LogP contribution < -0.4 is 16.2 Å². The van der Waals surface area contributed by atoms with Gasteiger partial charge < -0.3 is 19.5 Å². The molecule has 1 aliphatic heterocycles. The third kappa shape index (κ3) is 6.87. The van der Waals surface area contributed by atoms with Crippen molar-refractivity contribution in [2.45, 2.75) is 73.2 Å². The Morgan fingerprint density at radius 3 is 2.19 bits per heavy atom. The Morgan fingerprint density at radius 1 is 0.973 bits per heavy atom. The number of carbonyl (C=O) groups excluding carboxylic acids is 4. The Kier molecular flexibility index (Phi) is 7.94. The second-order valence-corrected chi connectivity index (χ2v) is 11.1. The lowest BCUT2D eigenvalue weighted by Crippen LogP contribution is -2.57. The fourth-order valence-corrected chi connectivity index (χ4v) is 3.94. The Labute approximate surface area is 216 Å². The van der Waals surface area contributed by atoms with Crippen LogP contribution in [-0.4, -0.2) is 56.5 Å². The molecule has 4 amide bonds. The number of fused-ring (bicyclic) bond motifs is 1. The van der Waals surface area contributed by atoms with Gasteiger partial charge in [-0.1, -0.05) is 51.1 Å². The van der Waals surface area contributed by atoms with Crippen molar-refractivity contribution >= 4 is 23.8 Å². The lowest BCUT2D eigenvalue weighted by molar-refractivity contribution is -0.130. The molecule has 37 heavy (non-hydrogen) atoms. The molecule has 1 aromatic heterocycles. The molecule has 0 spiro atoms. The molecule has 1 unspecified atom stereocenters. The first-order chi connectivity index (χ1) is 17.2. The van der Waals surface area contributed by atoms with Crippen LogP contribution in [0.2, 0.25) is 0 Å². The van der Waals surface area contributed by atoms with Gasteiger partial charge in [0, 0.05) is 25.6 Å². The highest BCUT2D eigenvalue weighted by Gasteiger charge is 2.36. The number of aromatic nitrogens is 2. The topological polar surface area (TPSA) is 135 Å². The molecule has 11 heteroatoms. The number of nitrogens with zero attached hydrogens (tertiary/aromatic N) is 3. The summed E-state index contributed by atoms with van der Waals surface area (Å²) in [5, 5.41) is 2.78. The Balaban J connectivity index is 1.97. The average Bonchev–Trinajstić information content (AvgIpc) is 3.18. The molecule has 0 fully saturated rings. The predicted molar refractivity (Wildman–Crippen MR) is 137 cm³/mol. The molecule has 2 heterocycles. The second-order valence-electron chi connectivity index (χ2n) is 11.1. The number of amides is 4. The van der Waals surface area contributed by atoms with E-state index in [1.54, 1.807) is 46.4 Å². The Bertz CT molecular complexity index is 1180. The first-order valence-corrected chi connectivity index (χ1v) is 12.2. The minimum Gasteiger partial charge on any atom is -0.444 e. The van der Waals surface area contributed by atoms with Crippen molar-refractivity contribution in [3.63, 3.8) is 0 Å². The monoisotopic (exact) mass is 512 g/mol. The SMILES string of the molecule is CC(=O)NNC(=O)C(NC(=O)c1nc(-c2ccccc2)n2c1CN(C(=O)OC(C)(C)C)CC2)C(C)(C)C. The summed E-state index contributed by atoms with van der Waals surface area (Å²) in [6, 6.07) is 8.48. The van der Waals surface area contributed by atoms with Gasteiger partial charge in [-0.25, -0.2) is 9.78 Å². The highest BCUT2D eigenvalue weighted by molar-refractivity contribution is 5.98. The molecule has 1 aliphatic rings. The van der Waals surface area contributed by atoms with Crippen LogP contribution in [0.4, 0.5) is 4.79 Å². The van der Waals surface area contributed by atoms with Crippen LogP contribution in [0.25, 0.3) is 11.4 Å². The first kappa shape index (κ1) is 27.7. The van der Waals surface area contributed by atoms with E-state index in [9.17, 15) is 19.2 Å². The van der Waals surface area contributed by atoms with Crippen LogP contribution >= 0.6 is 0 Å². The predicted octanol–water partition coefficient (Wildman–Crippen LogP) is 2.61. The summed E-state index contributed by atoms with van der Waals surface area (Å²) in [4.78, 5) is 56.7. The molecule has 0 saturated heterocycles. The van der Waals surface area contributed by atoms with Gasteiger partial charge in [-0.3, -0.25) is 25.2 Å². The first-order valence-electron chi connectivity index (χ1n) is 12.2. The van der Waals surface area contributed by atoms with Gasteiger partial charge >= 0.3 is 6.09 Å². The van der Waals surface area contributed by atoms with Crippen LogP contribution in [0.15, 0.2) is 30.3 Å². The normalized spacial score (nSPS) is 14.3. The van der Waals surface area contributed by atoms with Crippen LogP contribution in [-0.2, 0) is 27.4 Å². The maximum Gasteiger partial charge on any atom is 0.410 e. The number of hydrazine groups is 1.